The number of rotatable bonds is 2. The quantitative estimate of drug-likeness (QED) is 0.711. The van der Waals surface area contributed by atoms with Gasteiger partial charge in [-0.2, -0.15) is 0 Å². The van der Waals surface area contributed by atoms with Gasteiger partial charge in [0.25, 0.3) is 0 Å². The number of alkyl halides is 1. The van der Waals surface area contributed by atoms with Crippen LogP contribution < -0.4 is 0 Å². The van der Waals surface area contributed by atoms with Crippen molar-refractivity contribution in [1.29, 1.82) is 0 Å². The van der Waals surface area contributed by atoms with E-state index in [0.717, 1.165) is 11.1 Å². The summed E-state index contributed by atoms with van der Waals surface area (Å²) in [4.78, 5) is 0. The third-order valence-electron chi connectivity index (χ3n) is 3.45. The molecule has 0 bridgehead atoms. The number of benzene rings is 2. The van der Waals surface area contributed by atoms with E-state index in [1.807, 2.05) is 60.7 Å². The lowest BCUT2D eigenvalue weighted by atomic mass is 9.88. The standard InChI is InChI=1S/C15H13F/c16-14-11-15(14,12-7-3-1-4-8-12)13-9-5-2-6-10-13/h1-10,14H,11H2/t14-/m1/s1. The molecule has 1 saturated carbocycles. The lowest BCUT2D eigenvalue weighted by Gasteiger charge is -2.16. The Morgan fingerprint density at radius 3 is 1.50 bits per heavy atom. The molecule has 1 fully saturated rings. The third kappa shape index (κ3) is 1.28. The van der Waals surface area contributed by atoms with Gasteiger partial charge >= 0.3 is 0 Å². The molecule has 1 aliphatic rings. The van der Waals surface area contributed by atoms with Gasteiger partial charge < -0.3 is 0 Å². The van der Waals surface area contributed by atoms with Crippen LogP contribution >= 0.6 is 0 Å². The smallest absolute Gasteiger partial charge is 0.115 e. The summed E-state index contributed by atoms with van der Waals surface area (Å²) < 4.78 is 13.8. The first kappa shape index (κ1) is 9.59. The van der Waals surface area contributed by atoms with Crippen LogP contribution in [0, 0.1) is 0 Å². The predicted octanol–water partition coefficient (Wildman–Crippen LogP) is 3.71. The minimum atomic E-state index is -0.739. The molecule has 0 radical (unpaired) electrons. The van der Waals surface area contributed by atoms with Crippen LogP contribution in [0.25, 0.3) is 0 Å². The molecular weight excluding hydrogens is 199 g/mol. The molecule has 2 aromatic rings. The molecule has 2 aromatic carbocycles. The van der Waals surface area contributed by atoms with Crippen LogP contribution in [0.15, 0.2) is 60.7 Å². The average molecular weight is 212 g/mol. The van der Waals surface area contributed by atoms with E-state index < -0.39 is 6.17 Å². The molecule has 1 atom stereocenters. The summed E-state index contributed by atoms with van der Waals surface area (Å²) in [6, 6.07) is 19.9. The van der Waals surface area contributed by atoms with Crippen molar-refractivity contribution in [3.05, 3.63) is 71.8 Å². The van der Waals surface area contributed by atoms with Crippen LogP contribution in [0.2, 0.25) is 0 Å². The van der Waals surface area contributed by atoms with Crippen molar-refractivity contribution in [2.24, 2.45) is 0 Å². The summed E-state index contributed by atoms with van der Waals surface area (Å²) in [6.45, 7) is 0. The Hall–Kier alpha value is -1.63. The Labute approximate surface area is 94.7 Å². The summed E-state index contributed by atoms with van der Waals surface area (Å²) in [5.41, 5.74) is 1.81. The Kier molecular flexibility index (Phi) is 2.06. The van der Waals surface area contributed by atoms with E-state index in [0.29, 0.717) is 6.42 Å². The van der Waals surface area contributed by atoms with Crippen molar-refractivity contribution < 1.29 is 4.39 Å². The molecule has 0 heterocycles. The first-order chi connectivity index (χ1) is 7.84. The van der Waals surface area contributed by atoms with E-state index in [1.54, 1.807) is 0 Å². The molecule has 0 N–H and O–H groups in total. The molecule has 0 nitrogen and oxygen atoms in total. The van der Waals surface area contributed by atoms with Crippen molar-refractivity contribution in [3.63, 3.8) is 0 Å². The van der Waals surface area contributed by atoms with E-state index in [1.165, 1.54) is 0 Å². The van der Waals surface area contributed by atoms with Gasteiger partial charge in [-0.3, -0.25) is 0 Å². The molecule has 0 spiro atoms. The summed E-state index contributed by atoms with van der Waals surface area (Å²) in [5, 5.41) is 0. The molecule has 0 aromatic heterocycles. The fourth-order valence-corrected chi connectivity index (χ4v) is 2.46. The second-order valence-corrected chi connectivity index (χ2v) is 4.38. The molecule has 1 heteroatoms. The zero-order valence-electron chi connectivity index (χ0n) is 8.94. The van der Waals surface area contributed by atoms with Gasteiger partial charge in [-0.15, -0.1) is 0 Å². The zero-order valence-corrected chi connectivity index (χ0v) is 8.94. The Bertz CT molecular complexity index is 436. The first-order valence-corrected chi connectivity index (χ1v) is 5.59. The molecule has 3 rings (SSSR count). The molecule has 1 aliphatic carbocycles. The van der Waals surface area contributed by atoms with Gasteiger partial charge in [0.05, 0.1) is 5.41 Å². The van der Waals surface area contributed by atoms with Gasteiger partial charge in [-0.25, -0.2) is 4.39 Å². The lowest BCUT2D eigenvalue weighted by Crippen LogP contribution is -2.12. The number of hydrogen-bond donors (Lipinski definition) is 0. The monoisotopic (exact) mass is 212 g/mol. The zero-order chi connectivity index (χ0) is 11.0. The van der Waals surface area contributed by atoms with E-state index in [9.17, 15) is 4.39 Å². The summed E-state index contributed by atoms with van der Waals surface area (Å²) in [7, 11) is 0. The van der Waals surface area contributed by atoms with Crippen LogP contribution in [0.4, 0.5) is 4.39 Å². The van der Waals surface area contributed by atoms with Crippen molar-refractivity contribution in [1.82, 2.24) is 0 Å². The Balaban J connectivity index is 2.10. The van der Waals surface area contributed by atoms with E-state index in [2.05, 4.69) is 0 Å². The van der Waals surface area contributed by atoms with Gasteiger partial charge in [0.2, 0.25) is 0 Å². The summed E-state index contributed by atoms with van der Waals surface area (Å²) in [6.07, 6.45) is -0.126. The number of hydrogen-bond acceptors (Lipinski definition) is 0. The van der Waals surface area contributed by atoms with Crippen LogP contribution in [-0.4, -0.2) is 6.17 Å². The van der Waals surface area contributed by atoms with Crippen LogP contribution in [0.5, 0.6) is 0 Å². The Morgan fingerprint density at radius 1 is 0.812 bits per heavy atom. The largest absolute Gasteiger partial charge is 0.246 e. The molecular formula is C15H13F. The molecule has 0 amide bonds. The molecule has 0 unspecified atom stereocenters. The number of halogens is 1. The van der Waals surface area contributed by atoms with E-state index in [4.69, 9.17) is 0 Å². The highest BCUT2D eigenvalue weighted by Crippen LogP contribution is 2.55. The minimum absolute atomic E-state index is 0.372. The summed E-state index contributed by atoms with van der Waals surface area (Å²) in [5.74, 6) is 0. The maximum Gasteiger partial charge on any atom is 0.115 e. The van der Waals surface area contributed by atoms with Crippen LogP contribution in [0.3, 0.4) is 0 Å². The molecule has 0 saturated heterocycles. The highest BCUT2D eigenvalue weighted by atomic mass is 19.1. The van der Waals surface area contributed by atoms with Gasteiger partial charge in [0.15, 0.2) is 0 Å². The third-order valence-corrected chi connectivity index (χ3v) is 3.45. The minimum Gasteiger partial charge on any atom is -0.246 e. The fraction of sp³-hybridized carbons (Fsp3) is 0.200. The second kappa shape index (κ2) is 3.44. The maximum absolute atomic E-state index is 13.8. The van der Waals surface area contributed by atoms with Crippen molar-refractivity contribution in [2.45, 2.75) is 18.0 Å². The second-order valence-electron chi connectivity index (χ2n) is 4.38. The van der Waals surface area contributed by atoms with E-state index in [-0.39, 0.29) is 5.41 Å². The summed E-state index contributed by atoms with van der Waals surface area (Å²) >= 11 is 0. The maximum atomic E-state index is 13.8. The Morgan fingerprint density at radius 2 is 1.19 bits per heavy atom. The predicted molar refractivity (Wildman–Crippen MR) is 63.2 cm³/mol. The molecule has 0 aliphatic heterocycles. The van der Waals surface area contributed by atoms with Gasteiger partial charge in [0, 0.05) is 0 Å². The van der Waals surface area contributed by atoms with Gasteiger partial charge in [-0.05, 0) is 17.5 Å². The molecule has 80 valence electrons. The average Bonchev–Trinajstić information content (AvgIpc) is 3.05. The van der Waals surface area contributed by atoms with Crippen LogP contribution in [0.1, 0.15) is 17.5 Å². The van der Waals surface area contributed by atoms with E-state index >= 15 is 0 Å². The first-order valence-electron chi connectivity index (χ1n) is 5.59. The highest BCUT2D eigenvalue weighted by Gasteiger charge is 2.57. The van der Waals surface area contributed by atoms with Crippen LogP contribution in [-0.2, 0) is 5.41 Å². The van der Waals surface area contributed by atoms with Gasteiger partial charge in [-0.1, -0.05) is 60.7 Å². The normalized spacial score (nSPS) is 21.7. The van der Waals surface area contributed by atoms with Crippen molar-refractivity contribution >= 4 is 0 Å². The fourth-order valence-electron chi connectivity index (χ4n) is 2.46. The topological polar surface area (TPSA) is 0 Å². The van der Waals surface area contributed by atoms with Crippen molar-refractivity contribution in [3.8, 4) is 0 Å². The highest BCUT2D eigenvalue weighted by molar-refractivity contribution is 5.47. The lowest BCUT2D eigenvalue weighted by molar-refractivity contribution is 0.442. The SMILES string of the molecule is F[C@@H]1CC1(c1ccccc1)c1ccccc1. The van der Waals surface area contributed by atoms with Crippen molar-refractivity contribution in [2.75, 3.05) is 0 Å². The molecule has 16 heavy (non-hydrogen) atoms. The van der Waals surface area contributed by atoms with Gasteiger partial charge in [0.1, 0.15) is 6.17 Å².